The molecule has 1 atom stereocenters. The zero-order valence-electron chi connectivity index (χ0n) is 15.2. The lowest BCUT2D eigenvalue weighted by Crippen LogP contribution is -2.49. The Balaban J connectivity index is 1.57. The lowest BCUT2D eigenvalue weighted by atomic mass is 10.1. The van der Waals surface area contributed by atoms with E-state index in [0.29, 0.717) is 16.3 Å². The van der Waals surface area contributed by atoms with Gasteiger partial charge in [-0.15, -0.1) is 0 Å². The van der Waals surface area contributed by atoms with Crippen molar-refractivity contribution in [2.75, 3.05) is 25.4 Å². The van der Waals surface area contributed by atoms with Crippen LogP contribution in [0.5, 0.6) is 0 Å². The lowest BCUT2D eigenvalue weighted by molar-refractivity contribution is 0.103. The second-order valence-corrected chi connectivity index (χ2v) is 7.30. The Morgan fingerprint density at radius 1 is 1.26 bits per heavy atom. The highest BCUT2D eigenvalue weighted by Crippen LogP contribution is 2.19. The molecule has 0 bridgehead atoms. The number of ketones is 1. The van der Waals surface area contributed by atoms with E-state index >= 15 is 0 Å². The van der Waals surface area contributed by atoms with Crippen LogP contribution >= 0.6 is 11.6 Å². The van der Waals surface area contributed by atoms with Crippen LogP contribution in [-0.4, -0.2) is 41.3 Å². The van der Waals surface area contributed by atoms with E-state index in [9.17, 15) is 9.18 Å². The molecule has 2 N–H and O–H groups in total. The lowest BCUT2D eigenvalue weighted by Gasteiger charge is -2.39. The fourth-order valence-corrected chi connectivity index (χ4v) is 3.45. The minimum Gasteiger partial charge on any atom is -0.398 e. The van der Waals surface area contributed by atoms with Crippen molar-refractivity contribution in [1.82, 2.24) is 9.80 Å². The van der Waals surface area contributed by atoms with Crippen LogP contribution < -0.4 is 5.73 Å². The van der Waals surface area contributed by atoms with Gasteiger partial charge in [0.1, 0.15) is 5.82 Å². The number of anilines is 1. The molecule has 0 spiro atoms. The smallest absolute Gasteiger partial charge is 0.189 e. The molecule has 0 radical (unpaired) electrons. The number of piperazine rings is 1. The maximum absolute atomic E-state index is 13.0. The van der Waals surface area contributed by atoms with Gasteiger partial charge in [0.25, 0.3) is 0 Å². The summed E-state index contributed by atoms with van der Waals surface area (Å²) in [5.74, 6) is -0.349. The standard InChI is InChI=1S/C21H23ClFN3O/c1-15-13-25(14-16-2-5-18(23)6-3-16)10-11-26(15)9-8-21(27)19-7-4-17(22)12-20(19)24/h2-9,12,15H,10-11,13-14,24H2,1H3/b9-8+. The summed E-state index contributed by atoms with van der Waals surface area (Å²) in [5, 5.41) is 0.513. The topological polar surface area (TPSA) is 49.6 Å². The molecule has 1 saturated heterocycles. The zero-order chi connectivity index (χ0) is 19.4. The van der Waals surface area contributed by atoms with E-state index in [1.165, 1.54) is 12.1 Å². The van der Waals surface area contributed by atoms with E-state index < -0.39 is 0 Å². The second kappa shape index (κ2) is 8.55. The number of carbonyl (C=O) groups is 1. The third-order valence-corrected chi connectivity index (χ3v) is 5.01. The minimum absolute atomic E-state index is 0.134. The largest absolute Gasteiger partial charge is 0.398 e. The van der Waals surface area contributed by atoms with Gasteiger partial charge < -0.3 is 10.6 Å². The summed E-state index contributed by atoms with van der Waals surface area (Å²) in [7, 11) is 0. The van der Waals surface area contributed by atoms with Crippen molar-refractivity contribution < 1.29 is 9.18 Å². The first kappa shape index (κ1) is 19.4. The molecule has 0 aromatic heterocycles. The molecule has 4 nitrogen and oxygen atoms in total. The Morgan fingerprint density at radius 3 is 2.67 bits per heavy atom. The first-order chi connectivity index (χ1) is 12.9. The van der Waals surface area contributed by atoms with Gasteiger partial charge in [0.05, 0.1) is 0 Å². The van der Waals surface area contributed by atoms with E-state index in [0.717, 1.165) is 31.7 Å². The molecule has 0 aliphatic carbocycles. The molecule has 1 aliphatic rings. The monoisotopic (exact) mass is 387 g/mol. The highest BCUT2D eigenvalue weighted by molar-refractivity contribution is 6.31. The molecule has 142 valence electrons. The van der Waals surface area contributed by atoms with Crippen LogP contribution in [0.2, 0.25) is 5.02 Å². The molecule has 2 aromatic rings. The molecule has 1 aliphatic heterocycles. The number of rotatable bonds is 5. The summed E-state index contributed by atoms with van der Waals surface area (Å²) in [5.41, 5.74) is 7.81. The number of nitrogens with zero attached hydrogens (tertiary/aromatic N) is 2. The van der Waals surface area contributed by atoms with Crippen molar-refractivity contribution in [3.8, 4) is 0 Å². The zero-order valence-corrected chi connectivity index (χ0v) is 16.0. The molecule has 27 heavy (non-hydrogen) atoms. The fraction of sp³-hybridized carbons (Fsp3) is 0.286. The molecule has 1 unspecified atom stereocenters. The molecule has 1 fully saturated rings. The van der Waals surface area contributed by atoms with Gasteiger partial charge in [-0.3, -0.25) is 9.69 Å². The predicted octanol–water partition coefficient (Wildman–Crippen LogP) is 3.96. The van der Waals surface area contributed by atoms with Gasteiger partial charge in [-0.1, -0.05) is 23.7 Å². The normalized spacial score (nSPS) is 18.2. The van der Waals surface area contributed by atoms with Crippen LogP contribution in [0.25, 0.3) is 0 Å². The van der Waals surface area contributed by atoms with Crippen LogP contribution in [0.4, 0.5) is 10.1 Å². The van der Waals surface area contributed by atoms with Crippen molar-refractivity contribution in [1.29, 1.82) is 0 Å². The third kappa shape index (κ3) is 5.08. The third-order valence-electron chi connectivity index (χ3n) is 4.78. The minimum atomic E-state index is -0.215. The number of hydrogen-bond donors (Lipinski definition) is 1. The van der Waals surface area contributed by atoms with Crippen molar-refractivity contribution >= 4 is 23.1 Å². The van der Waals surface area contributed by atoms with Gasteiger partial charge in [-0.2, -0.15) is 0 Å². The summed E-state index contributed by atoms with van der Waals surface area (Å²) >= 11 is 5.88. The summed E-state index contributed by atoms with van der Waals surface area (Å²) < 4.78 is 13.0. The van der Waals surface area contributed by atoms with Crippen molar-refractivity contribution in [3.63, 3.8) is 0 Å². The van der Waals surface area contributed by atoms with Crippen LogP contribution in [0.15, 0.2) is 54.7 Å². The molecule has 0 amide bonds. The molecule has 3 rings (SSSR count). The van der Waals surface area contributed by atoms with Crippen molar-refractivity contribution in [3.05, 3.63) is 76.7 Å². The quantitative estimate of drug-likeness (QED) is 0.479. The Morgan fingerprint density at radius 2 is 2.00 bits per heavy atom. The van der Waals surface area contributed by atoms with E-state index in [4.69, 9.17) is 17.3 Å². The average Bonchev–Trinajstić information content (AvgIpc) is 2.63. The van der Waals surface area contributed by atoms with E-state index in [1.54, 1.807) is 24.3 Å². The first-order valence-corrected chi connectivity index (χ1v) is 9.30. The fourth-order valence-electron chi connectivity index (χ4n) is 3.27. The Bertz CT molecular complexity index is 838. The van der Waals surface area contributed by atoms with E-state index in [-0.39, 0.29) is 17.6 Å². The van der Waals surface area contributed by atoms with Crippen molar-refractivity contribution in [2.24, 2.45) is 0 Å². The van der Waals surface area contributed by atoms with Gasteiger partial charge in [0, 0.05) is 60.8 Å². The van der Waals surface area contributed by atoms with Gasteiger partial charge in [-0.05, 0) is 42.8 Å². The number of nitrogens with two attached hydrogens (primary N) is 1. The molecular weight excluding hydrogens is 365 g/mol. The van der Waals surface area contributed by atoms with E-state index in [2.05, 4.69) is 16.7 Å². The van der Waals surface area contributed by atoms with Crippen LogP contribution in [0.3, 0.4) is 0 Å². The number of nitrogen functional groups attached to an aromatic ring is 1. The highest BCUT2D eigenvalue weighted by Gasteiger charge is 2.21. The number of allylic oxidation sites excluding steroid dienone is 1. The Hall–Kier alpha value is -2.37. The van der Waals surface area contributed by atoms with Gasteiger partial charge >= 0.3 is 0 Å². The van der Waals surface area contributed by atoms with Crippen LogP contribution in [0, 0.1) is 5.82 Å². The number of halogens is 2. The second-order valence-electron chi connectivity index (χ2n) is 6.86. The Labute approximate surface area is 164 Å². The van der Waals surface area contributed by atoms with Crippen molar-refractivity contribution in [2.45, 2.75) is 19.5 Å². The number of benzene rings is 2. The Kier molecular flexibility index (Phi) is 6.14. The van der Waals surface area contributed by atoms with Crippen LogP contribution in [-0.2, 0) is 6.54 Å². The molecule has 6 heteroatoms. The number of hydrogen-bond acceptors (Lipinski definition) is 4. The molecule has 2 aromatic carbocycles. The average molecular weight is 388 g/mol. The number of carbonyl (C=O) groups excluding carboxylic acids is 1. The van der Waals surface area contributed by atoms with Gasteiger partial charge in [0.15, 0.2) is 5.78 Å². The van der Waals surface area contributed by atoms with E-state index in [1.807, 2.05) is 18.3 Å². The molecular formula is C21H23ClFN3O. The maximum Gasteiger partial charge on any atom is 0.189 e. The molecule has 1 heterocycles. The maximum atomic E-state index is 13.0. The molecule has 0 saturated carbocycles. The summed E-state index contributed by atoms with van der Waals surface area (Å²) in [6.07, 6.45) is 3.40. The SMILES string of the molecule is CC1CN(Cc2ccc(F)cc2)CCN1/C=C/C(=O)c1ccc(Cl)cc1N. The predicted molar refractivity (Wildman–Crippen MR) is 107 cm³/mol. The summed E-state index contributed by atoms with van der Waals surface area (Å²) in [6.45, 7) is 5.50. The van der Waals surface area contributed by atoms with Gasteiger partial charge in [-0.25, -0.2) is 4.39 Å². The highest BCUT2D eigenvalue weighted by atomic mass is 35.5. The van der Waals surface area contributed by atoms with Gasteiger partial charge in [0.2, 0.25) is 0 Å². The summed E-state index contributed by atoms with van der Waals surface area (Å²) in [6, 6.07) is 11.8. The first-order valence-electron chi connectivity index (χ1n) is 8.92. The summed E-state index contributed by atoms with van der Waals surface area (Å²) in [4.78, 5) is 16.9. The van der Waals surface area contributed by atoms with Crippen LogP contribution in [0.1, 0.15) is 22.8 Å².